The van der Waals surface area contributed by atoms with E-state index in [0.29, 0.717) is 5.92 Å². The molecule has 1 N–H and O–H groups in total. The number of nitrogens with one attached hydrogen (secondary N) is 1. The molecule has 2 heterocycles. The Bertz CT molecular complexity index is 573. The van der Waals surface area contributed by atoms with E-state index in [1.807, 2.05) is 7.05 Å². The summed E-state index contributed by atoms with van der Waals surface area (Å²) in [4.78, 5) is 11.9. The van der Waals surface area contributed by atoms with Gasteiger partial charge in [-0.3, -0.25) is 0 Å². The monoisotopic (exact) mass is 275 g/mol. The Hall–Kier alpha value is -1.42. The van der Waals surface area contributed by atoms with Crippen molar-refractivity contribution in [2.45, 2.75) is 40.0 Å². The van der Waals surface area contributed by atoms with Crippen molar-refractivity contribution in [3.63, 3.8) is 0 Å². The molecule has 0 unspecified atom stereocenters. The van der Waals surface area contributed by atoms with E-state index < -0.39 is 0 Å². The van der Waals surface area contributed by atoms with Crippen molar-refractivity contribution in [3.05, 3.63) is 28.3 Å². The Labute approximate surface area is 119 Å². The molecule has 0 fully saturated rings. The molecule has 0 saturated heterocycles. The number of hydrogen-bond acceptors (Lipinski definition) is 4. The molecule has 2 aromatic heterocycles. The van der Waals surface area contributed by atoms with Gasteiger partial charge in [-0.2, -0.15) is 0 Å². The molecule has 0 aliphatic heterocycles. The van der Waals surface area contributed by atoms with Crippen LogP contribution in [0.4, 0.5) is 5.82 Å². The predicted octanol–water partition coefficient (Wildman–Crippen LogP) is 4.24. The molecule has 2 aromatic rings. The predicted molar refractivity (Wildman–Crippen MR) is 83.1 cm³/mol. The number of anilines is 1. The molecule has 0 bridgehead atoms. The summed E-state index contributed by atoms with van der Waals surface area (Å²) in [6, 6.07) is 4.28. The molecule has 4 heteroatoms. The van der Waals surface area contributed by atoms with Gasteiger partial charge in [0.2, 0.25) is 0 Å². The van der Waals surface area contributed by atoms with Gasteiger partial charge in [0.1, 0.15) is 5.82 Å². The molecule has 0 spiro atoms. The summed E-state index contributed by atoms with van der Waals surface area (Å²) in [7, 11) is 1.92. The standard InChI is InChI=1S/C15H21N3S/c1-6-11-7-8-12(19-11)14-17-10(4)13(9(2)3)15(16-5)18-14/h7-9H,6H2,1-5H3,(H,16,17,18). The Morgan fingerprint density at radius 2 is 2.00 bits per heavy atom. The van der Waals surface area contributed by atoms with Crippen LogP contribution in [0.5, 0.6) is 0 Å². The molecule has 0 atom stereocenters. The van der Waals surface area contributed by atoms with E-state index in [4.69, 9.17) is 0 Å². The average Bonchev–Trinajstić information content (AvgIpc) is 2.85. The second kappa shape index (κ2) is 5.70. The average molecular weight is 275 g/mol. The van der Waals surface area contributed by atoms with Crippen molar-refractivity contribution in [2.75, 3.05) is 12.4 Å². The van der Waals surface area contributed by atoms with Crippen LogP contribution in [0.1, 0.15) is 42.8 Å². The van der Waals surface area contributed by atoms with Crippen molar-refractivity contribution in [2.24, 2.45) is 0 Å². The fourth-order valence-electron chi connectivity index (χ4n) is 2.26. The Kier molecular flexibility index (Phi) is 4.20. The van der Waals surface area contributed by atoms with Gasteiger partial charge in [0.05, 0.1) is 4.88 Å². The van der Waals surface area contributed by atoms with Gasteiger partial charge < -0.3 is 5.32 Å². The zero-order valence-electron chi connectivity index (χ0n) is 12.2. The van der Waals surface area contributed by atoms with Crippen molar-refractivity contribution < 1.29 is 0 Å². The zero-order chi connectivity index (χ0) is 14.0. The Morgan fingerprint density at radius 1 is 1.26 bits per heavy atom. The topological polar surface area (TPSA) is 37.8 Å². The van der Waals surface area contributed by atoms with Crippen LogP contribution in [-0.4, -0.2) is 17.0 Å². The minimum Gasteiger partial charge on any atom is -0.373 e. The van der Waals surface area contributed by atoms with Crippen LogP contribution in [0.15, 0.2) is 12.1 Å². The second-order valence-electron chi connectivity index (χ2n) is 4.92. The maximum Gasteiger partial charge on any atom is 0.171 e. The lowest BCUT2D eigenvalue weighted by molar-refractivity contribution is 0.834. The van der Waals surface area contributed by atoms with E-state index in [-0.39, 0.29) is 0 Å². The summed E-state index contributed by atoms with van der Waals surface area (Å²) in [5, 5.41) is 3.20. The van der Waals surface area contributed by atoms with Crippen LogP contribution >= 0.6 is 11.3 Å². The van der Waals surface area contributed by atoms with Gasteiger partial charge in [0, 0.05) is 23.2 Å². The van der Waals surface area contributed by atoms with Gasteiger partial charge in [0.25, 0.3) is 0 Å². The highest BCUT2D eigenvalue weighted by Gasteiger charge is 2.15. The highest BCUT2D eigenvalue weighted by Crippen LogP contribution is 2.31. The van der Waals surface area contributed by atoms with Crippen LogP contribution < -0.4 is 5.32 Å². The Balaban J connectivity index is 2.51. The molecule has 102 valence electrons. The van der Waals surface area contributed by atoms with Crippen molar-refractivity contribution >= 4 is 17.2 Å². The molecule has 0 aromatic carbocycles. The first kappa shape index (κ1) is 14.0. The van der Waals surface area contributed by atoms with Gasteiger partial charge in [-0.1, -0.05) is 20.8 Å². The summed E-state index contributed by atoms with van der Waals surface area (Å²) >= 11 is 1.78. The number of nitrogens with zero attached hydrogens (tertiary/aromatic N) is 2. The zero-order valence-corrected chi connectivity index (χ0v) is 13.1. The van der Waals surface area contributed by atoms with E-state index in [9.17, 15) is 0 Å². The van der Waals surface area contributed by atoms with Crippen LogP contribution in [0, 0.1) is 6.92 Å². The molecule has 19 heavy (non-hydrogen) atoms. The lowest BCUT2D eigenvalue weighted by Gasteiger charge is -2.15. The van der Waals surface area contributed by atoms with Gasteiger partial charge in [-0.15, -0.1) is 11.3 Å². The third kappa shape index (κ3) is 2.78. The number of hydrogen-bond donors (Lipinski definition) is 1. The van der Waals surface area contributed by atoms with E-state index in [1.165, 1.54) is 10.4 Å². The maximum atomic E-state index is 4.68. The number of rotatable bonds is 4. The first-order valence-electron chi connectivity index (χ1n) is 6.72. The van der Waals surface area contributed by atoms with Gasteiger partial charge in [-0.25, -0.2) is 9.97 Å². The minimum atomic E-state index is 0.422. The third-order valence-electron chi connectivity index (χ3n) is 3.18. The fraction of sp³-hybridized carbons (Fsp3) is 0.467. The molecule has 0 aliphatic rings. The normalized spacial score (nSPS) is 11.1. The van der Waals surface area contributed by atoms with E-state index in [0.717, 1.165) is 28.6 Å². The second-order valence-corrected chi connectivity index (χ2v) is 6.09. The number of thiophene rings is 1. The molecule has 3 nitrogen and oxygen atoms in total. The van der Waals surface area contributed by atoms with Crippen molar-refractivity contribution in [3.8, 4) is 10.7 Å². The summed E-state index contributed by atoms with van der Waals surface area (Å²) in [6.07, 6.45) is 1.06. The van der Waals surface area contributed by atoms with E-state index in [2.05, 4.69) is 55.1 Å². The van der Waals surface area contributed by atoms with E-state index in [1.54, 1.807) is 11.3 Å². The Morgan fingerprint density at radius 3 is 2.53 bits per heavy atom. The molecule has 0 radical (unpaired) electrons. The van der Waals surface area contributed by atoms with E-state index >= 15 is 0 Å². The minimum absolute atomic E-state index is 0.422. The van der Waals surface area contributed by atoms with Crippen LogP contribution in [0.2, 0.25) is 0 Å². The molecule has 0 saturated carbocycles. The number of aromatic nitrogens is 2. The highest BCUT2D eigenvalue weighted by atomic mass is 32.1. The quantitative estimate of drug-likeness (QED) is 0.907. The van der Waals surface area contributed by atoms with Crippen LogP contribution in [0.25, 0.3) is 10.7 Å². The maximum absolute atomic E-state index is 4.68. The van der Waals surface area contributed by atoms with Crippen molar-refractivity contribution in [1.29, 1.82) is 0 Å². The smallest absolute Gasteiger partial charge is 0.171 e. The van der Waals surface area contributed by atoms with Gasteiger partial charge in [-0.05, 0) is 31.4 Å². The highest BCUT2D eigenvalue weighted by molar-refractivity contribution is 7.15. The lowest BCUT2D eigenvalue weighted by atomic mass is 10.0. The van der Waals surface area contributed by atoms with Crippen molar-refractivity contribution in [1.82, 2.24) is 9.97 Å². The molecule has 0 amide bonds. The first-order chi connectivity index (χ1) is 9.06. The van der Waals surface area contributed by atoms with Crippen LogP contribution in [0.3, 0.4) is 0 Å². The summed E-state index contributed by atoms with van der Waals surface area (Å²) in [5.74, 6) is 2.20. The largest absolute Gasteiger partial charge is 0.373 e. The SMILES string of the molecule is CCc1ccc(-c2nc(C)c(C(C)C)c(NC)n2)s1. The molecular formula is C15H21N3S. The summed E-state index contributed by atoms with van der Waals surface area (Å²) < 4.78 is 0. The molecular weight excluding hydrogens is 254 g/mol. The lowest BCUT2D eigenvalue weighted by Crippen LogP contribution is -2.06. The summed E-state index contributed by atoms with van der Waals surface area (Å²) in [6.45, 7) is 8.58. The fourth-order valence-corrected chi connectivity index (χ4v) is 3.14. The van der Waals surface area contributed by atoms with Gasteiger partial charge >= 0.3 is 0 Å². The number of aryl methyl sites for hydroxylation is 2. The van der Waals surface area contributed by atoms with Crippen LogP contribution in [-0.2, 0) is 6.42 Å². The first-order valence-corrected chi connectivity index (χ1v) is 7.53. The summed E-state index contributed by atoms with van der Waals surface area (Å²) in [5.41, 5.74) is 2.27. The molecule has 2 rings (SSSR count). The van der Waals surface area contributed by atoms with Gasteiger partial charge in [0.15, 0.2) is 5.82 Å². The molecule has 0 aliphatic carbocycles. The third-order valence-corrected chi connectivity index (χ3v) is 4.41.